The number of hydrogen-bond donors (Lipinski definition) is 0. The summed E-state index contributed by atoms with van der Waals surface area (Å²) in [6.07, 6.45) is -0.608. The summed E-state index contributed by atoms with van der Waals surface area (Å²) in [5.74, 6) is -0.101. The van der Waals surface area contributed by atoms with E-state index in [-0.39, 0.29) is 71.0 Å². The number of fused-ring (bicyclic) bond motifs is 1. The van der Waals surface area contributed by atoms with E-state index in [2.05, 4.69) is 8.75 Å². The third-order valence-corrected chi connectivity index (χ3v) is 6.77. The van der Waals surface area contributed by atoms with Crippen LogP contribution in [0.5, 0.6) is 23.0 Å². The van der Waals surface area contributed by atoms with Crippen molar-refractivity contribution >= 4 is 40.1 Å². The molecule has 0 fully saturated rings. The number of carbonyl (C=O) groups is 2. The van der Waals surface area contributed by atoms with E-state index in [1.165, 1.54) is 7.11 Å². The number of ether oxygens (including phenoxy) is 4. The van der Waals surface area contributed by atoms with Crippen molar-refractivity contribution in [1.29, 1.82) is 0 Å². The SMILES string of the molecule is COc1ccc(C(=O)/C(Cc2cc(OC(C)C)c(OC(C)C)c(OC(C)C)c2)=C(/C(=O)[O-])c2ccc3nsnc3c2)cc1.[Na+]. The number of ketones is 1. The monoisotopic (exact) mass is 626 g/mol. The number of benzene rings is 3. The van der Waals surface area contributed by atoms with E-state index in [0.29, 0.717) is 45.2 Å². The van der Waals surface area contributed by atoms with Crippen LogP contribution >= 0.6 is 11.7 Å². The number of carboxylic acid groups (broad SMARTS) is 1. The predicted octanol–water partition coefficient (Wildman–Crippen LogP) is 2.69. The molecule has 0 atom stereocenters. The molecule has 0 aliphatic heterocycles. The molecule has 4 aromatic rings. The number of carbonyl (C=O) groups excluding carboxylic acids is 2. The average Bonchev–Trinajstić information content (AvgIpc) is 3.41. The first kappa shape index (κ1) is 35.0. The van der Waals surface area contributed by atoms with Gasteiger partial charge in [-0.15, -0.1) is 0 Å². The van der Waals surface area contributed by atoms with Crippen molar-refractivity contribution in [2.45, 2.75) is 66.3 Å². The largest absolute Gasteiger partial charge is 1.00 e. The van der Waals surface area contributed by atoms with Crippen molar-refractivity contribution < 1.29 is 63.2 Å². The summed E-state index contributed by atoms with van der Waals surface area (Å²) in [7, 11) is 1.53. The number of nitrogens with zero attached hydrogens (tertiary/aromatic N) is 2. The van der Waals surface area contributed by atoms with Gasteiger partial charge in [-0.25, -0.2) is 0 Å². The molecule has 1 heterocycles. The molecule has 4 rings (SSSR count). The number of aliphatic carboxylic acids is 1. The van der Waals surface area contributed by atoms with Gasteiger partial charge in [-0.1, -0.05) is 6.07 Å². The maximum absolute atomic E-state index is 14.1. The van der Waals surface area contributed by atoms with Crippen LogP contribution in [-0.4, -0.2) is 45.9 Å². The van der Waals surface area contributed by atoms with E-state index < -0.39 is 11.8 Å². The minimum absolute atomic E-state index is 0. The van der Waals surface area contributed by atoms with Crippen molar-refractivity contribution in [3.8, 4) is 23.0 Å². The first-order valence-electron chi connectivity index (χ1n) is 14.0. The summed E-state index contributed by atoms with van der Waals surface area (Å²) >= 11 is 1.02. The minimum atomic E-state index is -1.49. The van der Waals surface area contributed by atoms with Gasteiger partial charge in [0.2, 0.25) is 5.75 Å². The van der Waals surface area contributed by atoms with Gasteiger partial charge >= 0.3 is 29.6 Å². The number of hydrogen-bond acceptors (Lipinski definition) is 10. The average molecular weight is 627 g/mol. The van der Waals surface area contributed by atoms with Crippen LogP contribution in [0.25, 0.3) is 16.6 Å². The summed E-state index contributed by atoms with van der Waals surface area (Å²) in [5, 5.41) is 12.8. The number of Topliss-reactive ketones (excluding diaryl/α,β-unsaturated/α-hetero) is 1. The van der Waals surface area contributed by atoms with Crippen LogP contribution in [0.15, 0.2) is 60.2 Å². The van der Waals surface area contributed by atoms with Gasteiger partial charge in [0.05, 0.1) is 43.1 Å². The zero-order valence-corrected chi connectivity index (χ0v) is 29.1. The first-order chi connectivity index (χ1) is 20.5. The van der Waals surface area contributed by atoms with Gasteiger partial charge in [0, 0.05) is 23.1 Å². The van der Waals surface area contributed by atoms with Crippen molar-refractivity contribution in [2.75, 3.05) is 7.11 Å². The Morgan fingerprint density at radius 1 is 0.773 bits per heavy atom. The Balaban J connectivity index is 0.00000529. The molecule has 0 unspecified atom stereocenters. The number of carboxylic acids is 1. The molecular weight excluding hydrogens is 591 g/mol. The fraction of sp³-hybridized carbons (Fsp3) is 0.333. The smallest absolute Gasteiger partial charge is 0.545 e. The van der Waals surface area contributed by atoms with Crippen molar-refractivity contribution in [3.63, 3.8) is 0 Å². The molecule has 0 N–H and O–H groups in total. The van der Waals surface area contributed by atoms with Gasteiger partial charge in [0.15, 0.2) is 17.3 Å². The Hall–Kier alpha value is -3.44. The molecular formula is C33H35N2NaO7S. The van der Waals surface area contributed by atoms with Crippen LogP contribution in [0.3, 0.4) is 0 Å². The second kappa shape index (κ2) is 15.5. The zero-order chi connectivity index (χ0) is 31.3. The zero-order valence-electron chi connectivity index (χ0n) is 26.3. The molecule has 0 saturated heterocycles. The predicted molar refractivity (Wildman–Crippen MR) is 164 cm³/mol. The second-order valence-corrected chi connectivity index (χ2v) is 11.3. The molecule has 11 heteroatoms. The molecule has 0 aliphatic carbocycles. The third-order valence-electron chi connectivity index (χ3n) is 6.21. The van der Waals surface area contributed by atoms with Gasteiger partial charge < -0.3 is 28.8 Å². The maximum Gasteiger partial charge on any atom is 1.00 e. The van der Waals surface area contributed by atoms with Crippen LogP contribution in [-0.2, 0) is 11.2 Å². The summed E-state index contributed by atoms with van der Waals surface area (Å²) in [6, 6.07) is 14.9. The maximum atomic E-state index is 14.1. The van der Waals surface area contributed by atoms with Crippen LogP contribution in [0.4, 0.5) is 0 Å². The Morgan fingerprint density at radius 2 is 1.32 bits per heavy atom. The third kappa shape index (κ3) is 8.59. The molecule has 9 nitrogen and oxygen atoms in total. The van der Waals surface area contributed by atoms with E-state index in [9.17, 15) is 14.7 Å². The Kier molecular flexibility index (Phi) is 12.4. The summed E-state index contributed by atoms with van der Waals surface area (Å²) in [5.41, 5.74) is 2.10. The number of allylic oxidation sites excluding steroid dienone is 1. The van der Waals surface area contributed by atoms with E-state index in [4.69, 9.17) is 18.9 Å². The molecule has 1 aromatic heterocycles. The minimum Gasteiger partial charge on any atom is -0.545 e. The van der Waals surface area contributed by atoms with Crippen LogP contribution < -0.4 is 53.6 Å². The van der Waals surface area contributed by atoms with Gasteiger partial charge in [-0.3, -0.25) is 4.79 Å². The summed E-state index contributed by atoms with van der Waals surface area (Å²) in [4.78, 5) is 26.9. The fourth-order valence-electron chi connectivity index (χ4n) is 4.52. The number of rotatable bonds is 13. The molecule has 0 aliphatic rings. The van der Waals surface area contributed by atoms with Crippen LogP contribution in [0.2, 0.25) is 0 Å². The van der Waals surface area contributed by atoms with E-state index >= 15 is 0 Å². The first-order valence-corrected chi connectivity index (χ1v) is 14.7. The molecule has 3 aromatic carbocycles. The molecule has 226 valence electrons. The standard InChI is InChI=1S/C33H36N2O7S.Na/c1-18(2)40-28-15-21(16-29(41-19(3)4)32(28)42-20(5)6)14-25(31(36)22-8-11-24(39-7)12-9-22)30(33(37)38)23-10-13-26-27(17-23)35-43-34-26;/h8-13,15-20H,14H2,1-7H3,(H,37,38);/q;+1/p-1/b30-25+;. The van der Waals surface area contributed by atoms with Gasteiger partial charge in [0.25, 0.3) is 0 Å². The topological polar surface area (TPSA) is 120 Å². The number of aromatic nitrogens is 2. The van der Waals surface area contributed by atoms with E-state index in [1.807, 2.05) is 41.5 Å². The van der Waals surface area contributed by atoms with E-state index in [0.717, 1.165) is 11.7 Å². The van der Waals surface area contributed by atoms with E-state index in [1.54, 1.807) is 54.6 Å². The summed E-state index contributed by atoms with van der Waals surface area (Å²) in [6.45, 7) is 11.4. The van der Waals surface area contributed by atoms with Gasteiger partial charge in [-0.05, 0) is 101 Å². The Bertz CT molecular complexity index is 1610. The molecule has 0 amide bonds. The Labute approximate surface area is 283 Å². The number of methoxy groups -OCH3 is 1. The van der Waals surface area contributed by atoms with Crippen molar-refractivity contribution in [3.05, 3.63) is 76.9 Å². The quantitative estimate of drug-likeness (QED) is 0.125. The summed E-state index contributed by atoms with van der Waals surface area (Å²) < 4.78 is 32.1. The molecule has 0 spiro atoms. The van der Waals surface area contributed by atoms with Gasteiger partial charge in [0.1, 0.15) is 16.8 Å². The second-order valence-electron chi connectivity index (χ2n) is 10.8. The molecule has 44 heavy (non-hydrogen) atoms. The van der Waals surface area contributed by atoms with Crippen LogP contribution in [0.1, 0.15) is 63.0 Å². The van der Waals surface area contributed by atoms with Gasteiger partial charge in [-0.2, -0.15) is 8.75 Å². The van der Waals surface area contributed by atoms with Crippen molar-refractivity contribution in [1.82, 2.24) is 8.75 Å². The van der Waals surface area contributed by atoms with Crippen molar-refractivity contribution in [2.24, 2.45) is 0 Å². The Morgan fingerprint density at radius 3 is 1.84 bits per heavy atom. The van der Waals surface area contributed by atoms with Crippen LogP contribution in [0, 0.1) is 0 Å². The molecule has 0 radical (unpaired) electrons. The normalized spacial score (nSPS) is 11.8. The fourth-order valence-corrected chi connectivity index (χ4v) is 5.04. The molecule has 0 saturated carbocycles. The molecule has 0 bridgehead atoms.